The summed E-state index contributed by atoms with van der Waals surface area (Å²) in [6.45, 7) is 0. The van der Waals surface area contributed by atoms with Crippen LogP contribution in [0.3, 0.4) is 0 Å². The first-order chi connectivity index (χ1) is 12.0. The zero-order valence-corrected chi connectivity index (χ0v) is 14.2. The Labute approximate surface area is 144 Å². The number of hydrogen-bond donors (Lipinski definition) is 0. The molecule has 126 valence electrons. The van der Waals surface area contributed by atoms with Gasteiger partial charge in [0, 0.05) is 0 Å². The van der Waals surface area contributed by atoms with Gasteiger partial charge >= 0.3 is 6.18 Å². The molecular formula is C20H15F3OSi. The van der Waals surface area contributed by atoms with Crippen molar-refractivity contribution >= 4 is 29.0 Å². The SMILES string of the molecule is O=C(C(F)(F)F)[Si](c1ccccc1)(c1ccccc1)c1ccccc1. The number of rotatable bonds is 4. The topological polar surface area (TPSA) is 17.1 Å². The number of benzene rings is 3. The lowest BCUT2D eigenvalue weighted by atomic mass is 10.3. The van der Waals surface area contributed by atoms with Gasteiger partial charge in [-0.3, -0.25) is 4.79 Å². The molecule has 0 atom stereocenters. The molecule has 0 aliphatic carbocycles. The Bertz CT molecular complexity index is 750. The molecule has 0 aromatic heterocycles. The van der Waals surface area contributed by atoms with E-state index < -0.39 is 19.7 Å². The van der Waals surface area contributed by atoms with E-state index in [0.29, 0.717) is 15.6 Å². The van der Waals surface area contributed by atoms with Crippen molar-refractivity contribution in [3.8, 4) is 0 Å². The van der Waals surface area contributed by atoms with Crippen LogP contribution in [0.4, 0.5) is 13.2 Å². The summed E-state index contributed by atoms with van der Waals surface area (Å²) >= 11 is 0. The van der Waals surface area contributed by atoms with Crippen LogP contribution in [0.2, 0.25) is 0 Å². The molecule has 0 saturated carbocycles. The maximum absolute atomic E-state index is 13.7. The summed E-state index contributed by atoms with van der Waals surface area (Å²) in [4.78, 5) is 12.8. The minimum absolute atomic E-state index is 0.426. The van der Waals surface area contributed by atoms with Gasteiger partial charge in [-0.1, -0.05) is 91.0 Å². The van der Waals surface area contributed by atoms with Crippen molar-refractivity contribution in [3.05, 3.63) is 91.0 Å². The molecule has 0 aliphatic rings. The molecule has 3 rings (SSSR count). The lowest BCUT2D eigenvalue weighted by molar-refractivity contribution is -0.162. The summed E-state index contributed by atoms with van der Waals surface area (Å²) in [6.07, 6.45) is -4.92. The summed E-state index contributed by atoms with van der Waals surface area (Å²) in [7, 11) is -3.93. The van der Waals surface area contributed by atoms with E-state index in [2.05, 4.69) is 0 Å². The zero-order chi connectivity index (χ0) is 17.9. The van der Waals surface area contributed by atoms with Gasteiger partial charge in [-0.05, 0) is 15.6 Å². The minimum Gasteiger partial charge on any atom is -0.294 e. The largest absolute Gasteiger partial charge is 0.446 e. The van der Waals surface area contributed by atoms with Crippen molar-refractivity contribution in [3.63, 3.8) is 0 Å². The van der Waals surface area contributed by atoms with Crippen molar-refractivity contribution in [1.82, 2.24) is 0 Å². The highest BCUT2D eigenvalue weighted by molar-refractivity contribution is 7.30. The number of halogens is 3. The second kappa shape index (κ2) is 6.68. The van der Waals surface area contributed by atoms with Gasteiger partial charge in [-0.25, -0.2) is 0 Å². The van der Waals surface area contributed by atoms with Gasteiger partial charge in [-0.15, -0.1) is 0 Å². The highest BCUT2D eigenvalue weighted by atomic mass is 28.3. The van der Waals surface area contributed by atoms with Gasteiger partial charge in [0.05, 0.1) is 0 Å². The molecule has 0 fully saturated rings. The molecule has 0 radical (unpaired) electrons. The van der Waals surface area contributed by atoms with Crippen LogP contribution in [0.15, 0.2) is 91.0 Å². The molecule has 0 spiro atoms. The van der Waals surface area contributed by atoms with E-state index in [9.17, 15) is 18.0 Å². The fraction of sp³-hybridized carbons (Fsp3) is 0.0500. The van der Waals surface area contributed by atoms with Gasteiger partial charge in [0.15, 0.2) is 0 Å². The molecule has 0 bridgehead atoms. The second-order valence-corrected chi connectivity index (χ2v) is 9.36. The lowest BCUT2D eigenvalue weighted by Crippen LogP contribution is -2.75. The third kappa shape index (κ3) is 3.03. The van der Waals surface area contributed by atoms with Gasteiger partial charge in [0.25, 0.3) is 0 Å². The van der Waals surface area contributed by atoms with Crippen LogP contribution in [-0.2, 0) is 4.79 Å². The van der Waals surface area contributed by atoms with Crippen LogP contribution >= 0.6 is 0 Å². The average Bonchev–Trinajstić information content (AvgIpc) is 2.64. The third-order valence-electron chi connectivity index (χ3n) is 4.22. The summed E-state index contributed by atoms with van der Waals surface area (Å²) in [5.41, 5.74) is 0. The maximum Gasteiger partial charge on any atom is 0.446 e. The van der Waals surface area contributed by atoms with Crippen molar-refractivity contribution in [2.45, 2.75) is 6.18 Å². The standard InChI is InChI=1S/C20H15F3OSi/c21-20(22,23)19(24)25(16-10-4-1-5-11-16,17-12-6-2-7-13-17)18-14-8-3-9-15-18/h1-15H. The van der Waals surface area contributed by atoms with Crippen molar-refractivity contribution in [2.24, 2.45) is 0 Å². The molecule has 0 heterocycles. The van der Waals surface area contributed by atoms with Crippen LogP contribution in [0, 0.1) is 0 Å². The Balaban J connectivity index is 2.43. The van der Waals surface area contributed by atoms with Gasteiger partial charge in [0.2, 0.25) is 13.5 Å². The van der Waals surface area contributed by atoms with Gasteiger partial charge in [0.1, 0.15) is 0 Å². The molecule has 1 nitrogen and oxygen atoms in total. The molecule has 0 amide bonds. The first-order valence-electron chi connectivity index (χ1n) is 7.75. The van der Waals surface area contributed by atoms with E-state index in [1.54, 1.807) is 91.0 Å². The second-order valence-electron chi connectivity index (χ2n) is 5.67. The van der Waals surface area contributed by atoms with E-state index in [0.717, 1.165) is 0 Å². The van der Waals surface area contributed by atoms with Crippen molar-refractivity contribution < 1.29 is 18.0 Å². The number of carbonyl (C=O) groups is 1. The Morgan fingerprint density at radius 3 is 1.12 bits per heavy atom. The van der Waals surface area contributed by atoms with Crippen LogP contribution in [0.5, 0.6) is 0 Å². The molecule has 0 N–H and O–H groups in total. The van der Waals surface area contributed by atoms with Crippen molar-refractivity contribution in [2.75, 3.05) is 0 Å². The highest BCUT2D eigenvalue weighted by Crippen LogP contribution is 2.23. The molecule has 0 aliphatic heterocycles. The van der Waals surface area contributed by atoms with Crippen LogP contribution in [-0.4, -0.2) is 19.7 Å². The molecular weight excluding hydrogens is 341 g/mol. The smallest absolute Gasteiger partial charge is 0.294 e. The number of carbonyl (C=O) groups excluding carboxylic acids is 1. The summed E-state index contributed by atoms with van der Waals surface area (Å²) in [6, 6.07) is 25.0. The Morgan fingerprint density at radius 2 is 0.880 bits per heavy atom. The van der Waals surface area contributed by atoms with E-state index in [4.69, 9.17) is 0 Å². The average molecular weight is 356 g/mol. The fourth-order valence-electron chi connectivity index (χ4n) is 3.17. The first-order valence-corrected chi connectivity index (χ1v) is 9.75. The lowest BCUT2D eigenvalue weighted by Gasteiger charge is -2.32. The molecule has 3 aromatic carbocycles. The summed E-state index contributed by atoms with van der Waals surface area (Å²) in [5, 5.41) is -0.386. The maximum atomic E-state index is 13.7. The zero-order valence-electron chi connectivity index (χ0n) is 13.2. The summed E-state index contributed by atoms with van der Waals surface area (Å²) in [5.74, 6) is 0. The quantitative estimate of drug-likeness (QED) is 0.519. The van der Waals surface area contributed by atoms with E-state index in [1.165, 1.54) is 0 Å². The monoisotopic (exact) mass is 356 g/mol. The molecule has 0 unspecified atom stereocenters. The van der Waals surface area contributed by atoms with E-state index in [-0.39, 0.29) is 0 Å². The normalized spacial score (nSPS) is 12.0. The predicted molar refractivity (Wildman–Crippen MR) is 95.0 cm³/mol. The van der Waals surface area contributed by atoms with Crippen molar-refractivity contribution in [1.29, 1.82) is 0 Å². The van der Waals surface area contributed by atoms with E-state index >= 15 is 0 Å². The van der Waals surface area contributed by atoms with Gasteiger partial charge < -0.3 is 0 Å². The molecule has 5 heteroatoms. The third-order valence-corrected chi connectivity index (χ3v) is 8.78. The fourth-order valence-corrected chi connectivity index (χ4v) is 7.46. The number of alkyl halides is 3. The first kappa shape index (κ1) is 17.2. The minimum atomic E-state index is -4.92. The van der Waals surface area contributed by atoms with Crippen LogP contribution < -0.4 is 15.6 Å². The molecule has 25 heavy (non-hydrogen) atoms. The Hall–Kier alpha value is -2.66. The van der Waals surface area contributed by atoms with Crippen LogP contribution in [0.1, 0.15) is 0 Å². The summed E-state index contributed by atoms with van der Waals surface area (Å²) < 4.78 is 41.1. The van der Waals surface area contributed by atoms with E-state index in [1.807, 2.05) is 0 Å². The van der Waals surface area contributed by atoms with Gasteiger partial charge in [-0.2, -0.15) is 13.2 Å². The predicted octanol–water partition coefficient (Wildman–Crippen LogP) is 2.83. The molecule has 3 aromatic rings. The highest BCUT2D eigenvalue weighted by Gasteiger charge is 2.57. The Morgan fingerprint density at radius 1 is 0.600 bits per heavy atom. The molecule has 0 saturated heterocycles. The Kier molecular flexibility index (Phi) is 4.59. The number of hydrogen-bond acceptors (Lipinski definition) is 1. The van der Waals surface area contributed by atoms with Crippen LogP contribution in [0.25, 0.3) is 0 Å².